The van der Waals surface area contributed by atoms with E-state index in [0.717, 1.165) is 5.56 Å². The van der Waals surface area contributed by atoms with Crippen LogP contribution in [0.3, 0.4) is 0 Å². The molecule has 2 rings (SSSR count). The molecule has 16 heavy (non-hydrogen) atoms. The summed E-state index contributed by atoms with van der Waals surface area (Å²) in [5.74, 6) is -1.06. The smallest absolute Gasteiger partial charge is 0.335 e. The van der Waals surface area contributed by atoms with Crippen molar-refractivity contribution in [1.82, 2.24) is 0 Å². The second-order valence-electron chi connectivity index (χ2n) is 3.82. The molecule has 1 aliphatic rings. The van der Waals surface area contributed by atoms with E-state index in [1.165, 1.54) is 17.0 Å². The summed E-state index contributed by atoms with van der Waals surface area (Å²) in [5.41, 5.74) is 7.79. The summed E-state index contributed by atoms with van der Waals surface area (Å²) in [7, 11) is 1.63. The SMILES string of the molecule is CN1C(=O)CCc2c(N)cc(C(=O)O)cc21. The van der Waals surface area contributed by atoms with Crippen LogP contribution >= 0.6 is 0 Å². The molecular weight excluding hydrogens is 208 g/mol. The van der Waals surface area contributed by atoms with E-state index >= 15 is 0 Å². The van der Waals surface area contributed by atoms with Crippen molar-refractivity contribution in [2.45, 2.75) is 12.8 Å². The van der Waals surface area contributed by atoms with Gasteiger partial charge in [-0.1, -0.05) is 0 Å². The molecule has 0 fully saturated rings. The van der Waals surface area contributed by atoms with Crippen molar-refractivity contribution < 1.29 is 14.7 Å². The Morgan fingerprint density at radius 2 is 2.12 bits per heavy atom. The van der Waals surface area contributed by atoms with Gasteiger partial charge in [0, 0.05) is 24.8 Å². The molecule has 0 aromatic heterocycles. The van der Waals surface area contributed by atoms with Gasteiger partial charge in [0.05, 0.1) is 5.56 Å². The number of aromatic carboxylic acids is 1. The lowest BCUT2D eigenvalue weighted by molar-refractivity contribution is -0.118. The van der Waals surface area contributed by atoms with E-state index in [2.05, 4.69) is 0 Å². The van der Waals surface area contributed by atoms with Gasteiger partial charge in [-0.15, -0.1) is 0 Å². The number of anilines is 2. The van der Waals surface area contributed by atoms with E-state index < -0.39 is 5.97 Å². The number of nitrogen functional groups attached to an aromatic ring is 1. The Hall–Kier alpha value is -2.04. The molecule has 0 saturated heterocycles. The third-order valence-corrected chi connectivity index (χ3v) is 2.83. The third-order valence-electron chi connectivity index (χ3n) is 2.83. The molecular formula is C11H12N2O3. The van der Waals surface area contributed by atoms with E-state index in [9.17, 15) is 9.59 Å². The van der Waals surface area contributed by atoms with Crippen molar-refractivity contribution in [2.75, 3.05) is 17.7 Å². The van der Waals surface area contributed by atoms with Crippen LogP contribution in [0.1, 0.15) is 22.3 Å². The highest BCUT2D eigenvalue weighted by atomic mass is 16.4. The van der Waals surface area contributed by atoms with Crippen molar-refractivity contribution in [2.24, 2.45) is 0 Å². The Labute approximate surface area is 92.5 Å². The highest BCUT2D eigenvalue weighted by Crippen LogP contribution is 2.32. The van der Waals surface area contributed by atoms with Crippen molar-refractivity contribution in [3.63, 3.8) is 0 Å². The number of amides is 1. The molecule has 1 aromatic rings. The molecule has 5 nitrogen and oxygen atoms in total. The number of fused-ring (bicyclic) bond motifs is 1. The van der Waals surface area contributed by atoms with Crippen LogP contribution in [0.15, 0.2) is 12.1 Å². The predicted molar refractivity (Wildman–Crippen MR) is 59.5 cm³/mol. The van der Waals surface area contributed by atoms with Crippen LogP contribution in [0.4, 0.5) is 11.4 Å². The summed E-state index contributed by atoms with van der Waals surface area (Å²) in [4.78, 5) is 23.8. The zero-order valence-corrected chi connectivity index (χ0v) is 8.86. The first-order valence-corrected chi connectivity index (χ1v) is 4.93. The van der Waals surface area contributed by atoms with Crippen LogP contribution in [0.2, 0.25) is 0 Å². The van der Waals surface area contributed by atoms with Gasteiger partial charge in [0.1, 0.15) is 0 Å². The number of nitrogens with two attached hydrogens (primary N) is 1. The summed E-state index contributed by atoms with van der Waals surface area (Å²) in [6.45, 7) is 0. The van der Waals surface area contributed by atoms with E-state index in [4.69, 9.17) is 10.8 Å². The van der Waals surface area contributed by atoms with Crippen LogP contribution in [0.25, 0.3) is 0 Å². The second-order valence-corrected chi connectivity index (χ2v) is 3.82. The molecule has 0 bridgehead atoms. The van der Waals surface area contributed by atoms with Crippen molar-refractivity contribution in [3.8, 4) is 0 Å². The van der Waals surface area contributed by atoms with Gasteiger partial charge in [-0.3, -0.25) is 4.79 Å². The fraction of sp³-hybridized carbons (Fsp3) is 0.273. The Kier molecular flexibility index (Phi) is 2.30. The van der Waals surface area contributed by atoms with Gasteiger partial charge in [0.2, 0.25) is 5.91 Å². The number of benzene rings is 1. The Morgan fingerprint density at radius 3 is 2.75 bits per heavy atom. The Morgan fingerprint density at radius 1 is 1.44 bits per heavy atom. The quantitative estimate of drug-likeness (QED) is 0.688. The van der Waals surface area contributed by atoms with Gasteiger partial charge in [-0.25, -0.2) is 4.79 Å². The number of carbonyl (C=O) groups excluding carboxylic acids is 1. The fourth-order valence-corrected chi connectivity index (χ4v) is 1.91. The van der Waals surface area contributed by atoms with E-state index in [1.54, 1.807) is 7.05 Å². The predicted octanol–water partition coefficient (Wildman–Crippen LogP) is 0.876. The zero-order valence-electron chi connectivity index (χ0n) is 8.86. The maximum atomic E-state index is 11.5. The minimum Gasteiger partial charge on any atom is -0.478 e. The lowest BCUT2D eigenvalue weighted by atomic mass is 9.97. The highest BCUT2D eigenvalue weighted by Gasteiger charge is 2.24. The molecule has 0 atom stereocenters. The molecule has 1 aliphatic heterocycles. The zero-order chi connectivity index (χ0) is 11.9. The Bertz CT molecular complexity index is 482. The largest absolute Gasteiger partial charge is 0.478 e. The molecule has 3 N–H and O–H groups in total. The first kappa shape index (κ1) is 10.5. The average Bonchev–Trinajstić information content (AvgIpc) is 2.23. The molecule has 5 heteroatoms. The van der Waals surface area contributed by atoms with Crippen LogP contribution < -0.4 is 10.6 Å². The number of rotatable bonds is 1. The van der Waals surface area contributed by atoms with Crippen molar-refractivity contribution >= 4 is 23.3 Å². The molecule has 1 aromatic carbocycles. The summed E-state index contributed by atoms with van der Waals surface area (Å²) < 4.78 is 0. The van der Waals surface area contributed by atoms with Crippen LogP contribution in [0, 0.1) is 0 Å². The Balaban J connectivity index is 2.60. The van der Waals surface area contributed by atoms with Crippen LogP contribution in [0.5, 0.6) is 0 Å². The maximum absolute atomic E-state index is 11.5. The minimum atomic E-state index is -1.04. The first-order valence-electron chi connectivity index (χ1n) is 4.93. The lowest BCUT2D eigenvalue weighted by Gasteiger charge is -2.27. The maximum Gasteiger partial charge on any atom is 0.335 e. The lowest BCUT2D eigenvalue weighted by Crippen LogP contribution is -2.31. The first-order chi connectivity index (χ1) is 7.50. The van der Waals surface area contributed by atoms with E-state index in [0.29, 0.717) is 24.2 Å². The van der Waals surface area contributed by atoms with E-state index in [-0.39, 0.29) is 11.5 Å². The van der Waals surface area contributed by atoms with Gasteiger partial charge in [-0.2, -0.15) is 0 Å². The molecule has 84 valence electrons. The van der Waals surface area contributed by atoms with Gasteiger partial charge < -0.3 is 15.7 Å². The summed E-state index contributed by atoms with van der Waals surface area (Å²) >= 11 is 0. The van der Waals surface area contributed by atoms with Gasteiger partial charge >= 0.3 is 5.97 Å². The monoisotopic (exact) mass is 220 g/mol. The summed E-state index contributed by atoms with van der Waals surface area (Å²) in [6.07, 6.45) is 0.990. The molecule has 0 unspecified atom stereocenters. The third kappa shape index (κ3) is 1.50. The number of hydrogen-bond donors (Lipinski definition) is 2. The number of nitrogens with zero attached hydrogens (tertiary/aromatic N) is 1. The molecule has 1 heterocycles. The molecule has 0 aliphatic carbocycles. The van der Waals surface area contributed by atoms with Crippen LogP contribution in [-0.2, 0) is 11.2 Å². The topological polar surface area (TPSA) is 83.6 Å². The molecule has 1 amide bonds. The molecule has 0 spiro atoms. The molecule has 0 saturated carbocycles. The number of carboxylic acids is 1. The standard InChI is InChI=1S/C11H12N2O3/c1-13-9-5-6(11(15)16)4-8(12)7(9)2-3-10(13)14/h4-5H,2-3,12H2,1H3,(H,15,16). The van der Waals surface area contributed by atoms with Gasteiger partial charge in [0.25, 0.3) is 0 Å². The number of carboxylic acid groups (broad SMARTS) is 1. The summed E-state index contributed by atoms with van der Waals surface area (Å²) in [5, 5.41) is 8.90. The normalized spacial score (nSPS) is 14.8. The van der Waals surface area contributed by atoms with E-state index in [1.807, 2.05) is 0 Å². The fourth-order valence-electron chi connectivity index (χ4n) is 1.91. The second kappa shape index (κ2) is 3.52. The minimum absolute atomic E-state index is 0.0190. The van der Waals surface area contributed by atoms with Crippen LogP contribution in [-0.4, -0.2) is 24.0 Å². The van der Waals surface area contributed by atoms with Gasteiger partial charge in [0.15, 0.2) is 0 Å². The highest BCUT2D eigenvalue weighted by molar-refractivity contribution is 5.99. The number of hydrogen-bond acceptors (Lipinski definition) is 3. The molecule has 0 radical (unpaired) electrons. The summed E-state index contributed by atoms with van der Waals surface area (Å²) in [6, 6.07) is 2.93. The average molecular weight is 220 g/mol. The van der Waals surface area contributed by atoms with Crippen molar-refractivity contribution in [1.29, 1.82) is 0 Å². The van der Waals surface area contributed by atoms with Crippen molar-refractivity contribution in [3.05, 3.63) is 23.3 Å². The number of carbonyl (C=O) groups is 2. The van der Waals surface area contributed by atoms with Gasteiger partial charge in [-0.05, 0) is 24.1 Å².